The molecular formula is C14H18O4. The summed E-state index contributed by atoms with van der Waals surface area (Å²) < 4.78 is 11.5. The summed E-state index contributed by atoms with van der Waals surface area (Å²) in [6.07, 6.45) is 2.12. The molecule has 0 amide bonds. The number of rotatable bonds is 3. The van der Waals surface area contributed by atoms with Crippen molar-refractivity contribution in [3.8, 4) is 5.75 Å². The SMILES string of the molecule is CC1CC(Oc2cccc(C(=O)O)c2)CC(C)O1. The zero-order valence-corrected chi connectivity index (χ0v) is 10.6. The molecule has 4 nitrogen and oxygen atoms in total. The summed E-state index contributed by atoms with van der Waals surface area (Å²) in [7, 11) is 0. The number of aromatic carboxylic acids is 1. The molecule has 0 aromatic heterocycles. The van der Waals surface area contributed by atoms with Gasteiger partial charge in [0.25, 0.3) is 0 Å². The minimum atomic E-state index is -0.936. The molecule has 1 N–H and O–H groups in total. The number of benzene rings is 1. The molecule has 4 heteroatoms. The highest BCUT2D eigenvalue weighted by atomic mass is 16.5. The molecule has 0 radical (unpaired) electrons. The van der Waals surface area contributed by atoms with Crippen molar-refractivity contribution in [1.29, 1.82) is 0 Å². The minimum absolute atomic E-state index is 0.0906. The van der Waals surface area contributed by atoms with Crippen LogP contribution in [0.5, 0.6) is 5.75 Å². The Morgan fingerprint density at radius 3 is 2.61 bits per heavy atom. The lowest BCUT2D eigenvalue weighted by molar-refractivity contribution is -0.0721. The molecular weight excluding hydrogens is 232 g/mol. The lowest BCUT2D eigenvalue weighted by Gasteiger charge is -2.32. The van der Waals surface area contributed by atoms with Gasteiger partial charge in [-0.25, -0.2) is 4.79 Å². The molecule has 0 spiro atoms. The Labute approximate surface area is 107 Å². The molecule has 0 saturated carbocycles. The van der Waals surface area contributed by atoms with Gasteiger partial charge in [-0.3, -0.25) is 0 Å². The fraction of sp³-hybridized carbons (Fsp3) is 0.500. The van der Waals surface area contributed by atoms with Gasteiger partial charge in [0.15, 0.2) is 0 Å². The second kappa shape index (κ2) is 5.40. The van der Waals surface area contributed by atoms with E-state index in [1.54, 1.807) is 24.3 Å². The molecule has 1 aliphatic rings. The van der Waals surface area contributed by atoms with Gasteiger partial charge in [0.05, 0.1) is 17.8 Å². The van der Waals surface area contributed by atoms with E-state index in [4.69, 9.17) is 14.6 Å². The molecule has 2 rings (SSSR count). The van der Waals surface area contributed by atoms with Gasteiger partial charge >= 0.3 is 5.97 Å². The molecule has 1 heterocycles. The van der Waals surface area contributed by atoms with Crippen LogP contribution in [0.2, 0.25) is 0 Å². The van der Waals surface area contributed by atoms with Crippen LogP contribution < -0.4 is 4.74 Å². The molecule has 18 heavy (non-hydrogen) atoms. The molecule has 1 saturated heterocycles. The van der Waals surface area contributed by atoms with Gasteiger partial charge in [0.1, 0.15) is 11.9 Å². The van der Waals surface area contributed by atoms with Gasteiger partial charge in [0, 0.05) is 12.8 Å². The Hall–Kier alpha value is -1.55. The number of carboxylic acids is 1. The van der Waals surface area contributed by atoms with E-state index in [-0.39, 0.29) is 23.9 Å². The quantitative estimate of drug-likeness (QED) is 0.896. The molecule has 1 aliphatic heterocycles. The maximum atomic E-state index is 10.9. The fourth-order valence-electron chi connectivity index (χ4n) is 2.34. The van der Waals surface area contributed by atoms with Crippen molar-refractivity contribution in [1.82, 2.24) is 0 Å². The van der Waals surface area contributed by atoms with Crippen molar-refractivity contribution in [3.63, 3.8) is 0 Å². The zero-order chi connectivity index (χ0) is 13.1. The molecule has 2 unspecified atom stereocenters. The Morgan fingerprint density at radius 1 is 1.33 bits per heavy atom. The van der Waals surface area contributed by atoms with Crippen molar-refractivity contribution in [2.75, 3.05) is 0 Å². The Morgan fingerprint density at radius 2 is 2.00 bits per heavy atom. The van der Waals surface area contributed by atoms with Crippen LogP contribution in [-0.2, 0) is 4.74 Å². The van der Waals surface area contributed by atoms with Gasteiger partial charge in [-0.15, -0.1) is 0 Å². The van der Waals surface area contributed by atoms with Gasteiger partial charge < -0.3 is 14.6 Å². The van der Waals surface area contributed by atoms with Crippen LogP contribution in [0.4, 0.5) is 0 Å². The smallest absolute Gasteiger partial charge is 0.335 e. The third kappa shape index (κ3) is 3.23. The van der Waals surface area contributed by atoms with Crippen molar-refractivity contribution < 1.29 is 19.4 Å². The van der Waals surface area contributed by atoms with Crippen LogP contribution >= 0.6 is 0 Å². The predicted octanol–water partition coefficient (Wildman–Crippen LogP) is 2.72. The second-order valence-corrected chi connectivity index (χ2v) is 4.80. The number of hydrogen-bond donors (Lipinski definition) is 1. The van der Waals surface area contributed by atoms with Crippen molar-refractivity contribution in [2.45, 2.75) is 45.0 Å². The highest BCUT2D eigenvalue weighted by molar-refractivity contribution is 5.87. The van der Waals surface area contributed by atoms with Crippen LogP contribution in [0.25, 0.3) is 0 Å². The number of carboxylic acid groups (broad SMARTS) is 1. The number of ether oxygens (including phenoxy) is 2. The first-order chi connectivity index (χ1) is 8.54. The van der Waals surface area contributed by atoms with E-state index < -0.39 is 5.97 Å². The van der Waals surface area contributed by atoms with Crippen molar-refractivity contribution in [2.24, 2.45) is 0 Å². The Balaban J connectivity index is 2.04. The summed E-state index contributed by atoms with van der Waals surface area (Å²) in [6, 6.07) is 6.61. The normalized spacial score (nSPS) is 27.8. The summed E-state index contributed by atoms with van der Waals surface area (Å²) in [5.41, 5.74) is 0.251. The lowest BCUT2D eigenvalue weighted by Crippen LogP contribution is -2.35. The van der Waals surface area contributed by atoms with E-state index in [2.05, 4.69) is 0 Å². The van der Waals surface area contributed by atoms with Crippen LogP contribution in [0.1, 0.15) is 37.0 Å². The topological polar surface area (TPSA) is 55.8 Å². The lowest BCUT2D eigenvalue weighted by atomic mass is 10.0. The summed E-state index contributed by atoms with van der Waals surface area (Å²) in [5, 5.41) is 8.92. The van der Waals surface area contributed by atoms with Crippen molar-refractivity contribution >= 4 is 5.97 Å². The largest absolute Gasteiger partial charge is 0.490 e. The minimum Gasteiger partial charge on any atom is -0.490 e. The Kier molecular flexibility index (Phi) is 3.87. The van der Waals surface area contributed by atoms with E-state index in [1.807, 2.05) is 13.8 Å². The molecule has 2 atom stereocenters. The summed E-state index contributed by atoms with van der Waals surface area (Å²) in [5.74, 6) is -0.324. The van der Waals surface area contributed by atoms with Crippen LogP contribution in [0.15, 0.2) is 24.3 Å². The van der Waals surface area contributed by atoms with E-state index in [9.17, 15) is 4.79 Å². The number of hydrogen-bond acceptors (Lipinski definition) is 3. The van der Waals surface area contributed by atoms with E-state index in [1.165, 1.54) is 0 Å². The zero-order valence-electron chi connectivity index (χ0n) is 10.6. The van der Waals surface area contributed by atoms with Gasteiger partial charge in [-0.2, -0.15) is 0 Å². The maximum Gasteiger partial charge on any atom is 0.335 e. The van der Waals surface area contributed by atoms with Crippen LogP contribution in [-0.4, -0.2) is 29.4 Å². The molecule has 0 bridgehead atoms. The summed E-state index contributed by atoms with van der Waals surface area (Å²) in [4.78, 5) is 10.9. The highest BCUT2D eigenvalue weighted by Crippen LogP contribution is 2.24. The first kappa shape index (κ1) is 12.9. The molecule has 1 aromatic rings. The molecule has 98 valence electrons. The average Bonchev–Trinajstić information content (AvgIpc) is 2.27. The first-order valence-electron chi connectivity index (χ1n) is 6.20. The second-order valence-electron chi connectivity index (χ2n) is 4.80. The van der Waals surface area contributed by atoms with Crippen molar-refractivity contribution in [3.05, 3.63) is 29.8 Å². The summed E-state index contributed by atoms with van der Waals surface area (Å²) >= 11 is 0. The van der Waals surface area contributed by atoms with E-state index in [0.717, 1.165) is 12.8 Å². The van der Waals surface area contributed by atoms with E-state index >= 15 is 0 Å². The fourth-order valence-corrected chi connectivity index (χ4v) is 2.34. The van der Waals surface area contributed by atoms with Gasteiger partial charge in [-0.1, -0.05) is 6.07 Å². The molecule has 0 aliphatic carbocycles. The first-order valence-corrected chi connectivity index (χ1v) is 6.20. The van der Waals surface area contributed by atoms with E-state index in [0.29, 0.717) is 5.75 Å². The monoisotopic (exact) mass is 250 g/mol. The third-order valence-corrected chi connectivity index (χ3v) is 3.04. The Bertz CT molecular complexity index is 420. The van der Waals surface area contributed by atoms with Gasteiger partial charge in [0.2, 0.25) is 0 Å². The molecule has 1 fully saturated rings. The maximum absolute atomic E-state index is 10.9. The van der Waals surface area contributed by atoms with Crippen LogP contribution in [0.3, 0.4) is 0 Å². The van der Waals surface area contributed by atoms with Crippen LogP contribution in [0, 0.1) is 0 Å². The van der Waals surface area contributed by atoms with Gasteiger partial charge in [-0.05, 0) is 32.0 Å². The standard InChI is InChI=1S/C14H18O4/c1-9-6-13(7-10(2)17-9)18-12-5-3-4-11(8-12)14(15)16/h3-5,8-10,13H,6-7H2,1-2H3,(H,15,16). The highest BCUT2D eigenvalue weighted by Gasteiger charge is 2.25. The molecule has 1 aromatic carbocycles. The predicted molar refractivity (Wildman–Crippen MR) is 67.1 cm³/mol. The third-order valence-electron chi connectivity index (χ3n) is 3.04. The average molecular weight is 250 g/mol. The summed E-state index contributed by atoms with van der Waals surface area (Å²) in [6.45, 7) is 4.05. The number of carbonyl (C=O) groups is 1.